The van der Waals surface area contributed by atoms with Crippen molar-refractivity contribution in [2.45, 2.75) is 37.6 Å². The first-order valence-corrected chi connectivity index (χ1v) is 12.9. The van der Waals surface area contributed by atoms with Crippen LogP contribution >= 0.6 is 0 Å². The number of amides is 4. The predicted molar refractivity (Wildman–Crippen MR) is 137 cm³/mol. The summed E-state index contributed by atoms with van der Waals surface area (Å²) in [4.78, 5) is 43.7. The molecule has 5 rings (SSSR count). The fraction of sp³-hybridized carbons (Fsp3) is 0.393. The average Bonchev–Trinajstić information content (AvgIpc) is 3.23. The van der Waals surface area contributed by atoms with Gasteiger partial charge in [0, 0.05) is 32.7 Å². The second kappa shape index (κ2) is 10.7. The maximum atomic E-state index is 13.7. The number of nitrogens with one attached hydrogen (secondary N) is 2. The molecule has 206 valence electrons. The van der Waals surface area contributed by atoms with Crippen LogP contribution in [0, 0.1) is 0 Å². The van der Waals surface area contributed by atoms with E-state index < -0.39 is 29.7 Å². The summed E-state index contributed by atoms with van der Waals surface area (Å²) in [5.41, 5.74) is 0.455. The number of hydrogen-bond donors (Lipinski definition) is 2. The highest BCUT2D eigenvalue weighted by Gasteiger charge is 2.46. The van der Waals surface area contributed by atoms with Gasteiger partial charge in [-0.05, 0) is 30.0 Å². The minimum Gasteiger partial charge on any atom is -0.352 e. The van der Waals surface area contributed by atoms with E-state index in [0.717, 1.165) is 38.5 Å². The first kappa shape index (κ1) is 26.7. The molecule has 2 aromatic rings. The van der Waals surface area contributed by atoms with E-state index in [-0.39, 0.29) is 36.2 Å². The van der Waals surface area contributed by atoms with Gasteiger partial charge in [-0.3, -0.25) is 19.4 Å². The summed E-state index contributed by atoms with van der Waals surface area (Å²) in [6, 6.07) is 13.1. The number of carbonyl (C=O) groups is 3. The fourth-order valence-electron chi connectivity index (χ4n) is 5.51. The first-order chi connectivity index (χ1) is 18.6. The van der Waals surface area contributed by atoms with Crippen molar-refractivity contribution in [1.29, 1.82) is 0 Å². The smallest absolute Gasteiger partial charge is 0.352 e. The zero-order chi connectivity index (χ0) is 27.7. The molecule has 0 radical (unpaired) electrons. The van der Waals surface area contributed by atoms with Crippen LogP contribution in [0.25, 0.3) is 0 Å². The summed E-state index contributed by atoms with van der Waals surface area (Å²) in [6.45, 7) is 2.23. The molecule has 1 saturated heterocycles. The summed E-state index contributed by atoms with van der Waals surface area (Å²) >= 11 is 0. The lowest BCUT2D eigenvalue weighted by atomic mass is 9.92. The number of nitrogens with zero attached hydrogens (tertiary/aromatic N) is 3. The Hall–Kier alpha value is -3.86. The van der Waals surface area contributed by atoms with E-state index in [9.17, 15) is 27.6 Å². The summed E-state index contributed by atoms with van der Waals surface area (Å²) in [7, 11) is 1.45. The van der Waals surface area contributed by atoms with Crippen LogP contribution in [-0.2, 0) is 22.3 Å². The number of piperidine rings is 1. The van der Waals surface area contributed by atoms with Crippen LogP contribution in [0.3, 0.4) is 0 Å². The van der Waals surface area contributed by atoms with Crippen LogP contribution in [0.4, 0.5) is 18.0 Å². The third kappa shape index (κ3) is 5.63. The van der Waals surface area contributed by atoms with Crippen LogP contribution in [0.15, 0.2) is 65.9 Å². The van der Waals surface area contributed by atoms with Crippen molar-refractivity contribution in [1.82, 2.24) is 25.3 Å². The van der Waals surface area contributed by atoms with Crippen molar-refractivity contribution >= 4 is 17.8 Å². The average molecular weight is 542 g/mol. The highest BCUT2D eigenvalue weighted by atomic mass is 19.4. The van der Waals surface area contributed by atoms with Crippen molar-refractivity contribution in [2.75, 3.05) is 33.2 Å². The lowest BCUT2D eigenvalue weighted by Gasteiger charge is -2.32. The molecule has 0 aromatic heterocycles. The molecular formula is C28H30F3N5O3. The van der Waals surface area contributed by atoms with Gasteiger partial charge in [-0.1, -0.05) is 48.5 Å². The summed E-state index contributed by atoms with van der Waals surface area (Å²) in [5.74, 6) is -0.898. The molecule has 4 amide bonds. The molecule has 1 fully saturated rings. The van der Waals surface area contributed by atoms with Crippen LogP contribution in [0.5, 0.6) is 0 Å². The number of carbonyl (C=O) groups excluding carboxylic acids is 3. The zero-order valence-corrected chi connectivity index (χ0v) is 21.5. The van der Waals surface area contributed by atoms with Crippen molar-refractivity contribution in [2.24, 2.45) is 0 Å². The third-order valence-electron chi connectivity index (χ3n) is 7.55. The van der Waals surface area contributed by atoms with Gasteiger partial charge in [-0.25, -0.2) is 4.79 Å². The second-order valence-corrected chi connectivity index (χ2v) is 10.2. The van der Waals surface area contributed by atoms with Crippen molar-refractivity contribution in [3.63, 3.8) is 0 Å². The number of benzene rings is 2. The molecule has 3 heterocycles. The predicted octanol–water partition coefficient (Wildman–Crippen LogP) is 3.28. The minimum atomic E-state index is -4.66. The molecule has 0 spiro atoms. The lowest BCUT2D eigenvalue weighted by Crippen LogP contribution is -2.47. The number of hydrogen-bond acceptors (Lipinski definition) is 4. The van der Waals surface area contributed by atoms with Crippen molar-refractivity contribution < 1.29 is 27.6 Å². The van der Waals surface area contributed by atoms with E-state index in [1.165, 1.54) is 40.6 Å². The molecule has 3 aliphatic rings. The van der Waals surface area contributed by atoms with Gasteiger partial charge in [0.05, 0.1) is 29.4 Å². The largest absolute Gasteiger partial charge is 0.416 e. The van der Waals surface area contributed by atoms with Crippen LogP contribution in [0.1, 0.15) is 35.6 Å². The van der Waals surface area contributed by atoms with Gasteiger partial charge < -0.3 is 15.5 Å². The molecule has 0 saturated carbocycles. The molecule has 1 atom stereocenters. The Morgan fingerprint density at radius 3 is 2.38 bits per heavy atom. The van der Waals surface area contributed by atoms with Gasteiger partial charge in [0.1, 0.15) is 6.54 Å². The number of halogens is 3. The van der Waals surface area contributed by atoms with Gasteiger partial charge in [0.15, 0.2) is 0 Å². The summed E-state index contributed by atoms with van der Waals surface area (Å²) in [5, 5.41) is 5.54. The monoisotopic (exact) mass is 541 g/mol. The van der Waals surface area contributed by atoms with Gasteiger partial charge in [0.2, 0.25) is 5.91 Å². The van der Waals surface area contributed by atoms with E-state index >= 15 is 0 Å². The van der Waals surface area contributed by atoms with Gasteiger partial charge in [-0.15, -0.1) is 0 Å². The van der Waals surface area contributed by atoms with Crippen LogP contribution in [0.2, 0.25) is 0 Å². The highest BCUT2D eigenvalue weighted by Crippen LogP contribution is 2.41. The molecule has 0 aliphatic carbocycles. The zero-order valence-electron chi connectivity index (χ0n) is 21.5. The molecule has 0 unspecified atom stereocenters. The van der Waals surface area contributed by atoms with E-state index in [0.29, 0.717) is 5.70 Å². The number of urea groups is 1. The van der Waals surface area contributed by atoms with Crippen molar-refractivity contribution in [3.8, 4) is 0 Å². The Labute approximate surface area is 224 Å². The Balaban J connectivity index is 1.23. The minimum absolute atomic E-state index is 0.0258. The molecule has 3 aliphatic heterocycles. The maximum absolute atomic E-state index is 13.7. The van der Waals surface area contributed by atoms with Gasteiger partial charge in [0.25, 0.3) is 5.91 Å². The molecule has 11 heteroatoms. The Bertz CT molecular complexity index is 1290. The van der Waals surface area contributed by atoms with Crippen molar-refractivity contribution in [3.05, 3.63) is 82.6 Å². The molecule has 8 nitrogen and oxygen atoms in total. The molecule has 0 bridgehead atoms. The molecular weight excluding hydrogens is 511 g/mol. The SMILES string of the molecule is CN1C(=O)N[C@H](c2ccccc2C(F)(F)F)C2=C1CN(CC(=O)NC1CCN(Cc3ccccc3)CC1)C2=O. The number of rotatable bonds is 6. The number of likely N-dealkylation sites (tertiary alicyclic amines) is 1. The molecule has 2 N–H and O–H groups in total. The summed E-state index contributed by atoms with van der Waals surface area (Å²) in [6.07, 6.45) is -3.11. The second-order valence-electron chi connectivity index (χ2n) is 10.2. The summed E-state index contributed by atoms with van der Waals surface area (Å²) < 4.78 is 41.2. The van der Waals surface area contributed by atoms with E-state index in [1.54, 1.807) is 0 Å². The first-order valence-electron chi connectivity index (χ1n) is 12.9. The molecule has 39 heavy (non-hydrogen) atoms. The topological polar surface area (TPSA) is 85.0 Å². The lowest BCUT2D eigenvalue weighted by molar-refractivity contribution is -0.138. The van der Waals surface area contributed by atoms with Gasteiger partial charge in [-0.2, -0.15) is 13.2 Å². The van der Waals surface area contributed by atoms with E-state index in [1.807, 2.05) is 18.2 Å². The van der Waals surface area contributed by atoms with Gasteiger partial charge >= 0.3 is 12.2 Å². The van der Waals surface area contributed by atoms with Crippen LogP contribution < -0.4 is 10.6 Å². The van der Waals surface area contributed by atoms with E-state index in [2.05, 4.69) is 27.7 Å². The maximum Gasteiger partial charge on any atom is 0.416 e. The van der Waals surface area contributed by atoms with E-state index in [4.69, 9.17) is 0 Å². The Kier molecular flexibility index (Phi) is 7.35. The standard InChI is InChI=1S/C28H30F3N5O3/c1-34-22-16-36(17-23(37)32-19-11-13-35(14-12-19)15-18-7-3-2-4-8-18)26(38)24(22)25(33-27(34)39)20-9-5-6-10-21(20)28(29,30)31/h2-10,19,25H,11-17H2,1H3,(H,32,37)(H,33,39)/t25-/m1/s1. The number of likely N-dealkylation sites (N-methyl/N-ethyl adjacent to an activating group) is 1. The van der Waals surface area contributed by atoms with Crippen LogP contribution in [-0.4, -0.2) is 71.8 Å². The fourth-order valence-corrected chi connectivity index (χ4v) is 5.51. The third-order valence-corrected chi connectivity index (χ3v) is 7.55. The Morgan fingerprint density at radius 1 is 1.03 bits per heavy atom. The normalized spacial score (nSPS) is 20.8. The Morgan fingerprint density at radius 2 is 1.69 bits per heavy atom. The quantitative estimate of drug-likeness (QED) is 0.588. The molecule has 2 aromatic carbocycles. The number of alkyl halides is 3. The highest BCUT2D eigenvalue weighted by molar-refractivity contribution is 6.03.